The fraction of sp³-hybridized carbons (Fsp3) is 0.714. The van der Waals surface area contributed by atoms with E-state index in [1.807, 2.05) is 13.8 Å². The zero-order valence-electron chi connectivity index (χ0n) is 7.82. The molecule has 0 spiro atoms. The quantitative estimate of drug-likeness (QED) is 0.205. The largest absolute Gasteiger partial charge is 0.481 e. The number of hydrazone groups is 1. The molecule has 0 aromatic carbocycles. The van der Waals surface area contributed by atoms with E-state index in [1.54, 1.807) is 0 Å². The third kappa shape index (κ3) is 3.75. The van der Waals surface area contributed by atoms with Crippen LogP contribution in [0, 0.1) is 11.8 Å². The monoisotopic (exact) mass is 188 g/mol. The number of carboxylic acids is 1. The zero-order chi connectivity index (χ0) is 10.4. The van der Waals surface area contributed by atoms with Crippen LogP contribution in [-0.2, 0) is 4.79 Å². The molecule has 13 heavy (non-hydrogen) atoms. The van der Waals surface area contributed by atoms with Crippen LogP contribution in [0.3, 0.4) is 0 Å². The summed E-state index contributed by atoms with van der Waals surface area (Å²) in [6.07, 6.45) is 0.222. The van der Waals surface area contributed by atoms with E-state index in [4.69, 9.17) is 16.8 Å². The van der Waals surface area contributed by atoms with Gasteiger partial charge in [0.15, 0.2) is 0 Å². The molecule has 0 aromatic rings. The van der Waals surface area contributed by atoms with Gasteiger partial charge in [-0.1, -0.05) is 13.8 Å². The molecule has 0 aromatic heterocycles. The molecule has 0 saturated heterocycles. The van der Waals surface area contributed by atoms with Crippen LogP contribution in [0.15, 0.2) is 5.10 Å². The Balaban J connectivity index is 4.34. The molecule has 1 atom stereocenters. The van der Waals surface area contributed by atoms with Gasteiger partial charge in [0.25, 0.3) is 0 Å². The van der Waals surface area contributed by atoms with Crippen molar-refractivity contribution in [2.45, 2.75) is 20.3 Å². The molecule has 0 aliphatic heterocycles. The third-order valence-corrected chi connectivity index (χ3v) is 1.86. The van der Waals surface area contributed by atoms with Crippen molar-refractivity contribution in [3.05, 3.63) is 0 Å². The Morgan fingerprint density at radius 1 is 1.62 bits per heavy atom. The molecular formula is C7H16N4O2. The van der Waals surface area contributed by atoms with Crippen LogP contribution in [0.1, 0.15) is 20.3 Å². The topological polar surface area (TPSA) is 114 Å². The number of aliphatic carboxylic acids is 1. The van der Waals surface area contributed by atoms with Gasteiger partial charge in [-0.05, 0) is 5.92 Å². The summed E-state index contributed by atoms with van der Waals surface area (Å²) in [6, 6.07) is 0. The second-order valence-corrected chi connectivity index (χ2v) is 3.11. The number of nitrogens with zero attached hydrogens (tertiary/aromatic N) is 1. The standard InChI is InChI=1S/C7H16N4O2/c1-4(2)5(7(12)13)3-6(10-8)11-9/h4-5H,3,8-9H2,1-2H3,(H,10,11)(H,12,13). The van der Waals surface area contributed by atoms with E-state index in [9.17, 15) is 4.79 Å². The first-order chi connectivity index (χ1) is 6.02. The number of hydrogen-bond acceptors (Lipinski definition) is 4. The summed E-state index contributed by atoms with van der Waals surface area (Å²) in [5.41, 5.74) is 2.25. The van der Waals surface area contributed by atoms with E-state index in [1.165, 1.54) is 0 Å². The van der Waals surface area contributed by atoms with Gasteiger partial charge >= 0.3 is 5.97 Å². The minimum Gasteiger partial charge on any atom is -0.481 e. The van der Waals surface area contributed by atoms with E-state index in [-0.39, 0.29) is 12.3 Å². The van der Waals surface area contributed by atoms with E-state index in [0.29, 0.717) is 5.84 Å². The van der Waals surface area contributed by atoms with Crippen LogP contribution in [0.4, 0.5) is 0 Å². The van der Waals surface area contributed by atoms with E-state index >= 15 is 0 Å². The third-order valence-electron chi connectivity index (χ3n) is 1.86. The van der Waals surface area contributed by atoms with Gasteiger partial charge in [0, 0.05) is 6.42 Å². The molecule has 0 rings (SSSR count). The first-order valence-electron chi connectivity index (χ1n) is 3.99. The maximum absolute atomic E-state index is 10.7. The summed E-state index contributed by atoms with van der Waals surface area (Å²) in [4.78, 5) is 10.7. The predicted molar refractivity (Wildman–Crippen MR) is 49.5 cm³/mol. The van der Waals surface area contributed by atoms with Gasteiger partial charge in [0.1, 0.15) is 5.84 Å². The van der Waals surface area contributed by atoms with Crippen molar-refractivity contribution in [2.75, 3.05) is 0 Å². The highest BCUT2D eigenvalue weighted by Crippen LogP contribution is 2.15. The summed E-state index contributed by atoms with van der Waals surface area (Å²) < 4.78 is 0. The van der Waals surface area contributed by atoms with Crippen molar-refractivity contribution >= 4 is 11.8 Å². The number of hydrazine groups is 1. The van der Waals surface area contributed by atoms with Gasteiger partial charge in [-0.15, -0.1) is 0 Å². The van der Waals surface area contributed by atoms with Gasteiger partial charge < -0.3 is 16.4 Å². The van der Waals surface area contributed by atoms with Crippen molar-refractivity contribution in [2.24, 2.45) is 28.6 Å². The Labute approximate surface area is 76.9 Å². The van der Waals surface area contributed by atoms with Crippen LogP contribution >= 0.6 is 0 Å². The van der Waals surface area contributed by atoms with Crippen LogP contribution in [0.5, 0.6) is 0 Å². The normalized spacial score (nSPS) is 14.3. The van der Waals surface area contributed by atoms with Crippen molar-refractivity contribution in [3.63, 3.8) is 0 Å². The molecule has 6 heteroatoms. The van der Waals surface area contributed by atoms with E-state index < -0.39 is 11.9 Å². The molecule has 0 radical (unpaired) electrons. The van der Waals surface area contributed by atoms with Crippen molar-refractivity contribution in [1.82, 2.24) is 5.43 Å². The number of hydrogen-bond donors (Lipinski definition) is 4. The highest BCUT2D eigenvalue weighted by molar-refractivity contribution is 5.85. The summed E-state index contributed by atoms with van der Waals surface area (Å²) in [6.45, 7) is 3.65. The maximum atomic E-state index is 10.7. The van der Waals surface area contributed by atoms with Gasteiger partial charge in [-0.3, -0.25) is 4.79 Å². The number of carbonyl (C=O) groups is 1. The second kappa shape index (κ2) is 5.36. The minimum atomic E-state index is -0.869. The van der Waals surface area contributed by atoms with Crippen LogP contribution in [-0.4, -0.2) is 16.9 Å². The molecule has 0 bridgehead atoms. The zero-order valence-corrected chi connectivity index (χ0v) is 7.82. The SMILES string of the molecule is CC(C)C(C/C(=N/N)NN)C(=O)O. The van der Waals surface area contributed by atoms with Crippen molar-refractivity contribution < 1.29 is 9.90 Å². The molecule has 6 N–H and O–H groups in total. The number of nitrogens with one attached hydrogen (secondary N) is 1. The molecule has 0 aliphatic rings. The highest BCUT2D eigenvalue weighted by Gasteiger charge is 2.23. The Hall–Kier alpha value is -1.30. The average Bonchev–Trinajstić information content (AvgIpc) is 2.05. The Morgan fingerprint density at radius 2 is 2.15 bits per heavy atom. The highest BCUT2D eigenvalue weighted by atomic mass is 16.4. The summed E-state index contributed by atoms with van der Waals surface area (Å²) in [7, 11) is 0. The number of nitrogens with two attached hydrogens (primary N) is 2. The van der Waals surface area contributed by atoms with Gasteiger partial charge in [0.05, 0.1) is 5.92 Å². The van der Waals surface area contributed by atoms with E-state index in [0.717, 1.165) is 0 Å². The van der Waals surface area contributed by atoms with Crippen LogP contribution in [0.25, 0.3) is 0 Å². The van der Waals surface area contributed by atoms with Gasteiger partial charge in [-0.25, -0.2) is 5.84 Å². The fourth-order valence-corrected chi connectivity index (χ4v) is 0.965. The molecular weight excluding hydrogens is 172 g/mol. The summed E-state index contributed by atoms with van der Waals surface area (Å²) in [5, 5.41) is 12.1. The lowest BCUT2D eigenvalue weighted by Gasteiger charge is -2.16. The van der Waals surface area contributed by atoms with Gasteiger partial charge in [-0.2, -0.15) is 5.10 Å². The van der Waals surface area contributed by atoms with Crippen molar-refractivity contribution in [3.8, 4) is 0 Å². The van der Waals surface area contributed by atoms with Gasteiger partial charge in [0.2, 0.25) is 0 Å². The summed E-state index contributed by atoms with van der Waals surface area (Å²) in [5.74, 6) is 8.99. The molecule has 6 nitrogen and oxygen atoms in total. The minimum absolute atomic E-state index is 0.0163. The molecule has 0 aliphatic carbocycles. The lowest BCUT2D eigenvalue weighted by molar-refractivity contribution is -0.142. The Morgan fingerprint density at radius 3 is 2.38 bits per heavy atom. The Bertz CT molecular complexity index is 203. The molecule has 0 fully saturated rings. The van der Waals surface area contributed by atoms with Crippen molar-refractivity contribution in [1.29, 1.82) is 0 Å². The fourth-order valence-electron chi connectivity index (χ4n) is 0.965. The molecule has 76 valence electrons. The molecule has 0 amide bonds. The number of carboxylic acid groups (broad SMARTS) is 1. The molecule has 0 heterocycles. The first kappa shape index (κ1) is 11.7. The average molecular weight is 188 g/mol. The maximum Gasteiger partial charge on any atom is 0.307 e. The van der Waals surface area contributed by atoms with Crippen LogP contribution in [0.2, 0.25) is 0 Å². The smallest absolute Gasteiger partial charge is 0.307 e. The predicted octanol–water partition coefficient (Wildman–Crippen LogP) is -0.531. The molecule has 1 unspecified atom stereocenters. The number of rotatable bonds is 4. The molecule has 0 saturated carbocycles. The number of amidine groups is 1. The lowest BCUT2D eigenvalue weighted by atomic mass is 9.92. The summed E-state index contributed by atoms with van der Waals surface area (Å²) >= 11 is 0. The van der Waals surface area contributed by atoms with E-state index in [2.05, 4.69) is 10.5 Å². The lowest BCUT2D eigenvalue weighted by Crippen LogP contribution is -2.35. The second-order valence-electron chi connectivity index (χ2n) is 3.11. The Kier molecular flexibility index (Phi) is 4.83. The van der Waals surface area contributed by atoms with Crippen LogP contribution < -0.4 is 17.1 Å². The first-order valence-corrected chi connectivity index (χ1v) is 3.99.